The second-order valence-corrected chi connectivity index (χ2v) is 8.74. The molecule has 8 heteroatoms. The van der Waals surface area contributed by atoms with E-state index in [-0.39, 0.29) is 11.7 Å². The number of urea groups is 1. The molecule has 5 rings (SSSR count). The van der Waals surface area contributed by atoms with Crippen molar-refractivity contribution in [2.45, 2.75) is 37.9 Å². The Morgan fingerprint density at radius 2 is 2.07 bits per heavy atom. The highest BCUT2D eigenvalue weighted by Crippen LogP contribution is 2.45. The summed E-state index contributed by atoms with van der Waals surface area (Å²) in [5.74, 6) is 2.72. The van der Waals surface area contributed by atoms with E-state index >= 15 is 0 Å². The van der Waals surface area contributed by atoms with Gasteiger partial charge in [0.2, 0.25) is 0 Å². The number of nitrogens with zero attached hydrogens (tertiary/aromatic N) is 4. The van der Waals surface area contributed by atoms with Crippen LogP contribution in [0.25, 0.3) is 0 Å². The van der Waals surface area contributed by atoms with Crippen molar-refractivity contribution in [2.24, 2.45) is 13.0 Å². The maximum Gasteiger partial charge on any atom is 0.331 e. The molecule has 1 aliphatic carbocycles. The molecule has 160 valence electrons. The number of rotatable bonds is 4. The van der Waals surface area contributed by atoms with E-state index in [0.29, 0.717) is 36.9 Å². The zero-order chi connectivity index (χ0) is 21.0. The molecule has 1 aromatic carbocycles. The summed E-state index contributed by atoms with van der Waals surface area (Å²) < 4.78 is 8.82. The van der Waals surface area contributed by atoms with E-state index in [2.05, 4.69) is 17.4 Å². The summed E-state index contributed by atoms with van der Waals surface area (Å²) in [7, 11) is 5.21. The average molecular weight is 412 g/mol. The Kier molecular flexibility index (Phi) is 4.61. The van der Waals surface area contributed by atoms with Gasteiger partial charge in [-0.05, 0) is 48.9 Å². The maximum absolute atomic E-state index is 12.9. The van der Waals surface area contributed by atoms with Crippen molar-refractivity contribution in [3.8, 4) is 5.75 Å². The molecule has 3 unspecified atom stereocenters. The van der Waals surface area contributed by atoms with Crippen molar-refractivity contribution in [3.05, 3.63) is 46.0 Å². The van der Waals surface area contributed by atoms with E-state index in [9.17, 15) is 9.59 Å². The number of methoxy groups -OCH3 is 1. The third kappa shape index (κ3) is 2.85. The minimum atomic E-state index is -0.0956. The van der Waals surface area contributed by atoms with Crippen LogP contribution < -0.4 is 20.6 Å². The van der Waals surface area contributed by atoms with Crippen molar-refractivity contribution < 1.29 is 9.53 Å². The lowest BCUT2D eigenvalue weighted by molar-refractivity contribution is 0.194. The summed E-state index contributed by atoms with van der Waals surface area (Å²) in [6.45, 7) is 1.88. The predicted octanol–water partition coefficient (Wildman–Crippen LogP) is 1.73. The number of anilines is 1. The first kappa shape index (κ1) is 19.2. The zero-order valence-corrected chi connectivity index (χ0v) is 17.8. The zero-order valence-electron chi connectivity index (χ0n) is 17.8. The lowest BCUT2D eigenvalue weighted by Gasteiger charge is -2.36. The van der Waals surface area contributed by atoms with Crippen LogP contribution in [-0.2, 0) is 20.1 Å². The molecule has 30 heavy (non-hydrogen) atoms. The number of carbonyl (C=O) groups is 1. The normalized spacial score (nSPS) is 25.2. The van der Waals surface area contributed by atoms with Crippen molar-refractivity contribution in [1.82, 2.24) is 19.4 Å². The number of nitrogens with one attached hydrogen (secondary N) is 1. The molecule has 0 bridgehead atoms. The fourth-order valence-electron chi connectivity index (χ4n) is 5.59. The van der Waals surface area contributed by atoms with Crippen LogP contribution in [0.1, 0.15) is 29.9 Å². The van der Waals surface area contributed by atoms with Crippen molar-refractivity contribution in [1.29, 1.82) is 0 Å². The van der Waals surface area contributed by atoms with Crippen LogP contribution in [0.15, 0.2) is 29.2 Å². The standard InChI is InChI=1S/C22H29N5O3/c1-24-12-19-26(22(29)25(2)13-27(19)21(24)28)10-9-17-20-14(11-23-17)7-8-15-16(20)5-4-6-18(15)30-3/h4-6,12,14,17,20,23H,7-11,13H2,1-3H3. The number of hydrogen-bond acceptors (Lipinski definition) is 4. The SMILES string of the molecule is COc1cccc2c1CCC1CNC(CCN3C(=O)N(C)Cn4c3cn(C)c4=O)C21. The molecule has 1 saturated heterocycles. The molecule has 1 fully saturated rings. The van der Waals surface area contributed by atoms with Gasteiger partial charge in [0.15, 0.2) is 0 Å². The highest BCUT2D eigenvalue weighted by atomic mass is 16.5. The van der Waals surface area contributed by atoms with Gasteiger partial charge in [-0.1, -0.05) is 12.1 Å². The van der Waals surface area contributed by atoms with E-state index in [1.807, 2.05) is 6.07 Å². The van der Waals surface area contributed by atoms with Gasteiger partial charge in [0.05, 0.1) is 7.11 Å². The lowest BCUT2D eigenvalue weighted by Crippen LogP contribution is -2.50. The molecular weight excluding hydrogens is 382 g/mol. The molecule has 3 atom stereocenters. The first-order chi connectivity index (χ1) is 14.5. The maximum atomic E-state index is 12.9. The highest BCUT2D eigenvalue weighted by molar-refractivity contribution is 5.91. The molecule has 2 aliphatic heterocycles. The Morgan fingerprint density at radius 1 is 1.23 bits per heavy atom. The van der Waals surface area contributed by atoms with Gasteiger partial charge in [0.25, 0.3) is 0 Å². The van der Waals surface area contributed by atoms with Crippen LogP contribution in [0, 0.1) is 5.92 Å². The summed E-state index contributed by atoms with van der Waals surface area (Å²) in [6, 6.07) is 6.61. The first-order valence-electron chi connectivity index (χ1n) is 10.7. The number of amides is 2. The van der Waals surface area contributed by atoms with Gasteiger partial charge in [-0.3, -0.25) is 9.47 Å². The van der Waals surface area contributed by atoms with Gasteiger partial charge >= 0.3 is 11.7 Å². The summed E-state index contributed by atoms with van der Waals surface area (Å²) in [4.78, 5) is 28.6. The van der Waals surface area contributed by atoms with E-state index in [4.69, 9.17) is 4.74 Å². The Hall–Kier alpha value is -2.74. The molecule has 0 radical (unpaired) electrons. The molecular formula is C22H29N5O3. The Bertz CT molecular complexity index is 1040. The molecule has 1 aromatic heterocycles. The number of carbonyl (C=O) groups excluding carboxylic acids is 1. The average Bonchev–Trinajstić information content (AvgIpc) is 3.29. The highest BCUT2D eigenvalue weighted by Gasteiger charge is 2.41. The quantitative estimate of drug-likeness (QED) is 0.832. The molecule has 3 aliphatic rings. The fourth-order valence-corrected chi connectivity index (χ4v) is 5.59. The number of fused-ring (bicyclic) bond motifs is 4. The van der Waals surface area contributed by atoms with Gasteiger partial charge in [0, 0.05) is 38.8 Å². The van der Waals surface area contributed by atoms with Crippen LogP contribution in [0.3, 0.4) is 0 Å². The van der Waals surface area contributed by atoms with Crippen LogP contribution in [0.4, 0.5) is 10.6 Å². The molecule has 8 nitrogen and oxygen atoms in total. The summed E-state index contributed by atoms with van der Waals surface area (Å²) >= 11 is 0. The van der Waals surface area contributed by atoms with E-state index < -0.39 is 0 Å². The molecule has 3 heterocycles. The third-order valence-corrected chi connectivity index (χ3v) is 7.07. The van der Waals surface area contributed by atoms with Crippen LogP contribution in [-0.4, -0.2) is 53.4 Å². The Balaban J connectivity index is 1.40. The van der Waals surface area contributed by atoms with Gasteiger partial charge in [0.1, 0.15) is 18.2 Å². The van der Waals surface area contributed by atoms with Crippen LogP contribution in [0.2, 0.25) is 0 Å². The second kappa shape index (κ2) is 7.19. The van der Waals surface area contributed by atoms with Crippen molar-refractivity contribution in [2.75, 3.05) is 32.1 Å². The fraction of sp³-hybridized carbons (Fsp3) is 0.545. The second-order valence-electron chi connectivity index (χ2n) is 8.74. The van der Waals surface area contributed by atoms with Crippen molar-refractivity contribution >= 4 is 11.8 Å². The van der Waals surface area contributed by atoms with Crippen LogP contribution in [0.5, 0.6) is 5.75 Å². The largest absolute Gasteiger partial charge is 0.496 e. The summed E-state index contributed by atoms with van der Waals surface area (Å²) in [5.41, 5.74) is 2.63. The number of hydrogen-bond donors (Lipinski definition) is 1. The number of aromatic nitrogens is 2. The minimum Gasteiger partial charge on any atom is -0.496 e. The number of imidazole rings is 1. The van der Waals surface area contributed by atoms with Gasteiger partial charge in [-0.25, -0.2) is 9.59 Å². The van der Waals surface area contributed by atoms with Gasteiger partial charge in [-0.15, -0.1) is 0 Å². The summed E-state index contributed by atoms with van der Waals surface area (Å²) in [5, 5.41) is 3.72. The van der Waals surface area contributed by atoms with Gasteiger partial charge in [-0.2, -0.15) is 0 Å². The number of benzene rings is 1. The minimum absolute atomic E-state index is 0.0548. The molecule has 0 saturated carbocycles. The van der Waals surface area contributed by atoms with Gasteiger partial charge < -0.3 is 19.5 Å². The Labute approximate surface area is 176 Å². The topological polar surface area (TPSA) is 71.7 Å². The molecule has 2 aromatic rings. The Morgan fingerprint density at radius 3 is 2.87 bits per heavy atom. The van der Waals surface area contributed by atoms with Crippen molar-refractivity contribution in [3.63, 3.8) is 0 Å². The third-order valence-electron chi connectivity index (χ3n) is 7.07. The predicted molar refractivity (Wildman–Crippen MR) is 114 cm³/mol. The summed E-state index contributed by atoms with van der Waals surface area (Å²) in [6.07, 6.45) is 4.81. The smallest absolute Gasteiger partial charge is 0.331 e. The lowest BCUT2D eigenvalue weighted by atomic mass is 9.73. The monoisotopic (exact) mass is 411 g/mol. The molecule has 1 N–H and O–H groups in total. The number of aryl methyl sites for hydroxylation is 1. The van der Waals surface area contributed by atoms with E-state index in [1.54, 1.807) is 46.3 Å². The van der Waals surface area contributed by atoms with E-state index in [1.165, 1.54) is 11.1 Å². The molecule has 0 spiro atoms. The first-order valence-corrected chi connectivity index (χ1v) is 10.7. The van der Waals surface area contributed by atoms with Crippen LogP contribution >= 0.6 is 0 Å². The van der Waals surface area contributed by atoms with E-state index in [0.717, 1.165) is 31.6 Å². The molecule has 2 amide bonds. The number of ether oxygens (including phenoxy) is 1.